The number of rotatable bonds is 5. The summed E-state index contributed by atoms with van der Waals surface area (Å²) in [5, 5.41) is 1.14. The number of H-pyrrole nitrogens is 1. The first-order chi connectivity index (χ1) is 11.2. The van der Waals surface area contributed by atoms with Gasteiger partial charge in [-0.15, -0.1) is 0 Å². The molecule has 1 aromatic heterocycles. The van der Waals surface area contributed by atoms with E-state index in [0.29, 0.717) is 5.75 Å². The van der Waals surface area contributed by atoms with Crippen molar-refractivity contribution in [1.29, 1.82) is 0 Å². The smallest absolute Gasteiger partial charge is 0.343 e. The summed E-state index contributed by atoms with van der Waals surface area (Å²) in [5.74, 6) is 0.243. The van der Waals surface area contributed by atoms with Crippen molar-refractivity contribution < 1.29 is 14.3 Å². The van der Waals surface area contributed by atoms with Gasteiger partial charge in [0.1, 0.15) is 5.75 Å². The fourth-order valence-electron chi connectivity index (χ4n) is 2.47. The van der Waals surface area contributed by atoms with Gasteiger partial charge in [-0.2, -0.15) is 0 Å². The fraction of sp³-hybridized carbons (Fsp3) is 0.167. The molecule has 3 N–H and O–H groups in total. The number of benzene rings is 2. The maximum atomic E-state index is 11.1. The van der Waals surface area contributed by atoms with Crippen molar-refractivity contribution in [3.05, 3.63) is 59.8 Å². The first-order valence-electron chi connectivity index (χ1n) is 7.30. The molecule has 2 aromatic carbocycles. The summed E-state index contributed by atoms with van der Waals surface area (Å²) < 4.78 is 9.88. The Morgan fingerprint density at radius 3 is 2.70 bits per heavy atom. The second kappa shape index (κ2) is 6.44. The minimum absolute atomic E-state index is 0.0857. The molecule has 0 spiro atoms. The van der Waals surface area contributed by atoms with Crippen LogP contribution in [0.3, 0.4) is 0 Å². The zero-order valence-electron chi connectivity index (χ0n) is 12.8. The third-order valence-electron chi connectivity index (χ3n) is 3.69. The Morgan fingerprint density at radius 1 is 1.17 bits per heavy atom. The maximum absolute atomic E-state index is 11.1. The van der Waals surface area contributed by atoms with E-state index in [0.717, 1.165) is 28.6 Å². The van der Waals surface area contributed by atoms with Crippen molar-refractivity contribution in [2.24, 2.45) is 0 Å². The molecule has 0 unspecified atom stereocenters. The van der Waals surface area contributed by atoms with Crippen LogP contribution in [-0.2, 0) is 16.0 Å². The largest absolute Gasteiger partial charge is 0.482 e. The van der Waals surface area contributed by atoms with Crippen molar-refractivity contribution in [2.45, 2.75) is 6.42 Å². The van der Waals surface area contributed by atoms with Gasteiger partial charge in [0.2, 0.25) is 0 Å². The van der Waals surface area contributed by atoms with E-state index < -0.39 is 5.97 Å². The van der Waals surface area contributed by atoms with Gasteiger partial charge in [0.25, 0.3) is 0 Å². The van der Waals surface area contributed by atoms with Crippen molar-refractivity contribution in [3.63, 3.8) is 0 Å². The molecule has 118 valence electrons. The van der Waals surface area contributed by atoms with Crippen LogP contribution in [0.15, 0.2) is 48.7 Å². The standard InChI is InChI=1S/C18H18N2O3/c1-22-18(21)11-23-15-5-2-12(3-6-15)8-13-10-20-17-7-4-14(19)9-16(13)17/h2-7,9-10,20H,8,11,19H2,1H3. The predicted molar refractivity (Wildman–Crippen MR) is 89.5 cm³/mol. The number of aromatic amines is 1. The summed E-state index contributed by atoms with van der Waals surface area (Å²) in [6.45, 7) is -0.0857. The monoisotopic (exact) mass is 310 g/mol. The molecule has 0 aliphatic rings. The van der Waals surface area contributed by atoms with Crippen LogP contribution in [-0.4, -0.2) is 24.7 Å². The number of nitrogens with two attached hydrogens (primary N) is 1. The molecular formula is C18H18N2O3. The second-order valence-electron chi connectivity index (χ2n) is 5.30. The van der Waals surface area contributed by atoms with Crippen molar-refractivity contribution >= 4 is 22.6 Å². The van der Waals surface area contributed by atoms with Gasteiger partial charge in [-0.25, -0.2) is 4.79 Å². The van der Waals surface area contributed by atoms with Crippen LogP contribution in [0.1, 0.15) is 11.1 Å². The van der Waals surface area contributed by atoms with Gasteiger partial charge in [0, 0.05) is 22.8 Å². The van der Waals surface area contributed by atoms with Gasteiger partial charge in [-0.1, -0.05) is 12.1 Å². The van der Waals surface area contributed by atoms with E-state index in [1.165, 1.54) is 12.7 Å². The lowest BCUT2D eigenvalue weighted by Gasteiger charge is -2.06. The molecule has 3 rings (SSSR count). The molecule has 23 heavy (non-hydrogen) atoms. The van der Waals surface area contributed by atoms with Crippen molar-refractivity contribution in [2.75, 3.05) is 19.5 Å². The van der Waals surface area contributed by atoms with Crippen LogP contribution in [0.25, 0.3) is 10.9 Å². The van der Waals surface area contributed by atoms with E-state index in [9.17, 15) is 4.79 Å². The van der Waals surface area contributed by atoms with Crippen LogP contribution in [0.2, 0.25) is 0 Å². The van der Waals surface area contributed by atoms with E-state index in [1.807, 2.05) is 48.7 Å². The Bertz CT molecular complexity index is 822. The molecule has 0 aliphatic carbocycles. The maximum Gasteiger partial charge on any atom is 0.343 e. The minimum Gasteiger partial charge on any atom is -0.482 e. The number of methoxy groups -OCH3 is 1. The molecule has 0 aliphatic heterocycles. The molecule has 0 saturated carbocycles. The predicted octanol–water partition coefficient (Wildman–Crippen LogP) is 2.89. The number of carbonyl (C=O) groups excluding carboxylic acids is 1. The van der Waals surface area contributed by atoms with Gasteiger partial charge in [0.05, 0.1) is 7.11 Å². The topological polar surface area (TPSA) is 77.3 Å². The summed E-state index contributed by atoms with van der Waals surface area (Å²) in [6, 6.07) is 13.5. The summed E-state index contributed by atoms with van der Waals surface area (Å²) in [4.78, 5) is 14.3. The van der Waals surface area contributed by atoms with E-state index >= 15 is 0 Å². The van der Waals surface area contributed by atoms with Crippen LogP contribution >= 0.6 is 0 Å². The lowest BCUT2D eigenvalue weighted by atomic mass is 10.0. The highest BCUT2D eigenvalue weighted by molar-refractivity contribution is 5.86. The van der Waals surface area contributed by atoms with Gasteiger partial charge < -0.3 is 20.2 Å². The van der Waals surface area contributed by atoms with Gasteiger partial charge in [-0.3, -0.25) is 0 Å². The number of nitrogens with one attached hydrogen (secondary N) is 1. The number of esters is 1. The number of anilines is 1. The van der Waals surface area contributed by atoms with Crippen LogP contribution in [0.4, 0.5) is 5.69 Å². The zero-order valence-corrected chi connectivity index (χ0v) is 12.8. The Morgan fingerprint density at radius 2 is 1.96 bits per heavy atom. The molecule has 0 bridgehead atoms. The van der Waals surface area contributed by atoms with Crippen LogP contribution in [0.5, 0.6) is 5.75 Å². The van der Waals surface area contributed by atoms with Gasteiger partial charge >= 0.3 is 5.97 Å². The third kappa shape index (κ3) is 3.45. The Kier molecular flexibility index (Phi) is 4.19. The van der Waals surface area contributed by atoms with Crippen LogP contribution < -0.4 is 10.5 Å². The Hall–Kier alpha value is -2.95. The lowest BCUT2D eigenvalue weighted by molar-refractivity contribution is -0.142. The quantitative estimate of drug-likeness (QED) is 0.561. The highest BCUT2D eigenvalue weighted by Crippen LogP contribution is 2.24. The van der Waals surface area contributed by atoms with E-state index in [1.54, 1.807) is 0 Å². The molecule has 0 amide bonds. The van der Waals surface area contributed by atoms with Gasteiger partial charge in [-0.05, 0) is 47.9 Å². The number of ether oxygens (including phenoxy) is 2. The SMILES string of the molecule is COC(=O)COc1ccc(Cc2c[nH]c3ccc(N)cc23)cc1. The van der Waals surface area contributed by atoms with Crippen molar-refractivity contribution in [3.8, 4) is 5.75 Å². The summed E-state index contributed by atoms with van der Waals surface area (Å²) in [6.07, 6.45) is 2.80. The number of carbonyl (C=O) groups is 1. The molecule has 0 radical (unpaired) electrons. The lowest BCUT2D eigenvalue weighted by Crippen LogP contribution is -2.12. The average molecular weight is 310 g/mol. The Labute approximate surface area is 134 Å². The number of fused-ring (bicyclic) bond motifs is 1. The normalized spacial score (nSPS) is 10.7. The van der Waals surface area contributed by atoms with Crippen LogP contribution in [0, 0.1) is 0 Å². The minimum atomic E-state index is -0.398. The third-order valence-corrected chi connectivity index (χ3v) is 3.69. The first kappa shape index (κ1) is 15.0. The average Bonchev–Trinajstić information content (AvgIpc) is 2.96. The van der Waals surface area contributed by atoms with E-state index in [2.05, 4.69) is 9.72 Å². The molecule has 3 aromatic rings. The highest BCUT2D eigenvalue weighted by atomic mass is 16.6. The number of hydrogen-bond acceptors (Lipinski definition) is 4. The molecular weight excluding hydrogens is 292 g/mol. The molecule has 0 atom stereocenters. The number of hydrogen-bond donors (Lipinski definition) is 2. The number of nitrogen functional groups attached to an aromatic ring is 1. The van der Waals surface area contributed by atoms with Gasteiger partial charge in [0.15, 0.2) is 6.61 Å². The summed E-state index contributed by atoms with van der Waals surface area (Å²) in [5.41, 5.74) is 10.0. The molecule has 0 fully saturated rings. The Balaban J connectivity index is 1.72. The highest BCUT2D eigenvalue weighted by Gasteiger charge is 2.06. The fourth-order valence-corrected chi connectivity index (χ4v) is 2.47. The molecule has 5 nitrogen and oxygen atoms in total. The zero-order chi connectivity index (χ0) is 16.2. The molecule has 0 saturated heterocycles. The number of aromatic nitrogens is 1. The van der Waals surface area contributed by atoms with Crippen molar-refractivity contribution in [1.82, 2.24) is 4.98 Å². The van der Waals surface area contributed by atoms with E-state index in [4.69, 9.17) is 10.5 Å². The summed E-state index contributed by atoms with van der Waals surface area (Å²) in [7, 11) is 1.34. The second-order valence-corrected chi connectivity index (χ2v) is 5.30. The first-order valence-corrected chi connectivity index (χ1v) is 7.30. The molecule has 5 heteroatoms. The van der Waals surface area contributed by atoms with E-state index in [-0.39, 0.29) is 6.61 Å². The molecule has 1 heterocycles. The summed E-state index contributed by atoms with van der Waals surface area (Å²) >= 11 is 0.